The van der Waals surface area contributed by atoms with E-state index in [0.717, 1.165) is 35.6 Å². The van der Waals surface area contributed by atoms with Crippen molar-refractivity contribution in [1.29, 1.82) is 0 Å². The third-order valence-electron chi connectivity index (χ3n) is 4.10. The first-order valence-corrected chi connectivity index (χ1v) is 7.68. The molecule has 0 spiro atoms. The highest BCUT2D eigenvalue weighted by Crippen LogP contribution is 2.25. The zero-order valence-corrected chi connectivity index (χ0v) is 13.1. The second-order valence-electron chi connectivity index (χ2n) is 5.76. The molecule has 1 saturated heterocycles. The monoisotopic (exact) mass is 299 g/mol. The highest BCUT2D eigenvalue weighted by Gasteiger charge is 2.20. The van der Waals surface area contributed by atoms with Gasteiger partial charge in [0.25, 0.3) is 5.91 Å². The van der Waals surface area contributed by atoms with Gasteiger partial charge in [-0.2, -0.15) is 0 Å². The molecule has 0 aliphatic carbocycles. The number of amides is 1. The van der Waals surface area contributed by atoms with E-state index in [1.165, 1.54) is 19.2 Å². The number of hydrogen-bond acceptors (Lipinski definition) is 4. The molecule has 1 aromatic heterocycles. The van der Waals surface area contributed by atoms with Crippen LogP contribution >= 0.6 is 0 Å². The van der Waals surface area contributed by atoms with Crippen molar-refractivity contribution in [1.82, 2.24) is 10.3 Å². The maximum absolute atomic E-state index is 12.6. The third kappa shape index (κ3) is 2.98. The van der Waals surface area contributed by atoms with E-state index >= 15 is 0 Å². The van der Waals surface area contributed by atoms with Gasteiger partial charge < -0.3 is 14.6 Å². The fraction of sp³-hybridized carbons (Fsp3) is 0.412. The molecule has 116 valence electrons. The molecule has 1 aliphatic heterocycles. The first-order valence-electron chi connectivity index (χ1n) is 7.68. The number of carbonyl (C=O) groups excluding carboxylic acids is 1. The van der Waals surface area contributed by atoms with Gasteiger partial charge in [0.15, 0.2) is 6.39 Å². The van der Waals surface area contributed by atoms with Gasteiger partial charge in [0.2, 0.25) is 0 Å². The molecule has 2 heterocycles. The summed E-state index contributed by atoms with van der Waals surface area (Å²) in [5.74, 6) is 0.630. The molecule has 2 aromatic rings. The summed E-state index contributed by atoms with van der Waals surface area (Å²) in [5, 5.41) is 2.93. The summed E-state index contributed by atoms with van der Waals surface area (Å²) in [5.41, 5.74) is 3.65. The zero-order valence-electron chi connectivity index (χ0n) is 13.1. The number of rotatable bonds is 4. The lowest BCUT2D eigenvalue weighted by atomic mass is 10.1. The minimum atomic E-state index is -0.0681. The Morgan fingerprint density at radius 3 is 2.77 bits per heavy atom. The smallest absolute Gasteiger partial charge is 0.253 e. The van der Waals surface area contributed by atoms with Crippen LogP contribution in [0.3, 0.4) is 0 Å². The van der Waals surface area contributed by atoms with Crippen molar-refractivity contribution in [2.75, 3.05) is 18.0 Å². The average molecular weight is 299 g/mol. The van der Waals surface area contributed by atoms with E-state index in [2.05, 4.69) is 27.3 Å². The Kier molecular flexibility index (Phi) is 4.13. The number of oxazole rings is 1. The van der Waals surface area contributed by atoms with E-state index in [4.69, 9.17) is 4.42 Å². The maximum Gasteiger partial charge on any atom is 0.253 e. The van der Waals surface area contributed by atoms with Gasteiger partial charge >= 0.3 is 0 Å². The first kappa shape index (κ1) is 14.6. The van der Waals surface area contributed by atoms with Crippen molar-refractivity contribution >= 4 is 11.6 Å². The lowest BCUT2D eigenvalue weighted by Gasteiger charge is -2.21. The molecule has 0 atom stereocenters. The number of carbonyl (C=O) groups is 1. The van der Waals surface area contributed by atoms with E-state index in [9.17, 15) is 4.79 Å². The van der Waals surface area contributed by atoms with Crippen LogP contribution in [-0.4, -0.2) is 24.0 Å². The van der Waals surface area contributed by atoms with Crippen molar-refractivity contribution in [2.24, 2.45) is 0 Å². The van der Waals surface area contributed by atoms with Crippen molar-refractivity contribution in [3.05, 3.63) is 47.2 Å². The molecule has 0 bridgehead atoms. The summed E-state index contributed by atoms with van der Waals surface area (Å²) in [7, 11) is 0. The SMILES string of the molecule is Cc1ccc(N2CCCC2)c(C(=O)NCc2ocnc2C)c1. The zero-order chi connectivity index (χ0) is 15.5. The molecule has 5 heteroatoms. The highest BCUT2D eigenvalue weighted by atomic mass is 16.3. The fourth-order valence-electron chi connectivity index (χ4n) is 2.82. The first-order chi connectivity index (χ1) is 10.6. The lowest BCUT2D eigenvalue weighted by molar-refractivity contribution is 0.0948. The van der Waals surface area contributed by atoms with Gasteiger partial charge in [0.05, 0.1) is 17.8 Å². The Balaban J connectivity index is 1.78. The van der Waals surface area contributed by atoms with Crippen molar-refractivity contribution < 1.29 is 9.21 Å². The van der Waals surface area contributed by atoms with Crippen LogP contribution in [0.1, 0.15) is 40.2 Å². The number of benzene rings is 1. The van der Waals surface area contributed by atoms with Crippen LogP contribution < -0.4 is 10.2 Å². The summed E-state index contributed by atoms with van der Waals surface area (Å²) in [6, 6.07) is 6.07. The van der Waals surface area contributed by atoms with Gasteiger partial charge in [0, 0.05) is 18.8 Å². The molecule has 22 heavy (non-hydrogen) atoms. The van der Waals surface area contributed by atoms with Crippen LogP contribution in [0.4, 0.5) is 5.69 Å². The van der Waals surface area contributed by atoms with Gasteiger partial charge in [-0.25, -0.2) is 4.98 Å². The van der Waals surface area contributed by atoms with Crippen molar-refractivity contribution in [3.63, 3.8) is 0 Å². The number of anilines is 1. The van der Waals surface area contributed by atoms with Gasteiger partial charge in [-0.05, 0) is 38.8 Å². The summed E-state index contributed by atoms with van der Waals surface area (Å²) >= 11 is 0. The topological polar surface area (TPSA) is 58.4 Å². The standard InChI is InChI=1S/C17H21N3O2/c1-12-5-6-15(20-7-3-4-8-20)14(9-12)17(21)18-10-16-13(2)19-11-22-16/h5-6,9,11H,3-4,7-8,10H2,1-2H3,(H,18,21). The third-order valence-corrected chi connectivity index (χ3v) is 4.10. The Hall–Kier alpha value is -2.30. The Bertz CT molecular complexity index is 672. The predicted molar refractivity (Wildman–Crippen MR) is 85.0 cm³/mol. The number of nitrogens with one attached hydrogen (secondary N) is 1. The quantitative estimate of drug-likeness (QED) is 0.943. The molecule has 1 fully saturated rings. The molecule has 1 aromatic carbocycles. The maximum atomic E-state index is 12.6. The van der Waals surface area contributed by atoms with Crippen LogP contribution in [0.25, 0.3) is 0 Å². The Morgan fingerprint density at radius 1 is 1.32 bits per heavy atom. The van der Waals surface area contributed by atoms with Crippen molar-refractivity contribution in [3.8, 4) is 0 Å². The number of nitrogens with zero attached hydrogens (tertiary/aromatic N) is 2. The summed E-state index contributed by atoms with van der Waals surface area (Å²) < 4.78 is 5.27. The van der Waals surface area contributed by atoms with Crippen LogP contribution in [0, 0.1) is 13.8 Å². The van der Waals surface area contributed by atoms with E-state index < -0.39 is 0 Å². The summed E-state index contributed by atoms with van der Waals surface area (Å²) in [6.07, 6.45) is 3.78. The van der Waals surface area contributed by atoms with E-state index in [1.807, 2.05) is 19.9 Å². The molecule has 1 N–H and O–H groups in total. The Labute approximate surface area is 130 Å². The van der Waals surface area contributed by atoms with Crippen molar-refractivity contribution in [2.45, 2.75) is 33.2 Å². The molecular formula is C17H21N3O2. The van der Waals surface area contributed by atoms with Crippen LogP contribution in [0.2, 0.25) is 0 Å². The lowest BCUT2D eigenvalue weighted by Crippen LogP contribution is -2.27. The van der Waals surface area contributed by atoms with Gasteiger partial charge in [0.1, 0.15) is 5.76 Å². The minimum absolute atomic E-state index is 0.0681. The second kappa shape index (κ2) is 6.22. The largest absolute Gasteiger partial charge is 0.446 e. The fourth-order valence-corrected chi connectivity index (χ4v) is 2.82. The molecule has 0 unspecified atom stereocenters. The number of aryl methyl sites for hydroxylation is 2. The Morgan fingerprint density at radius 2 is 2.09 bits per heavy atom. The normalized spacial score (nSPS) is 14.4. The van der Waals surface area contributed by atoms with E-state index in [-0.39, 0.29) is 5.91 Å². The van der Waals surface area contributed by atoms with Gasteiger partial charge in [-0.3, -0.25) is 4.79 Å². The van der Waals surface area contributed by atoms with E-state index in [1.54, 1.807) is 0 Å². The summed E-state index contributed by atoms with van der Waals surface area (Å²) in [6.45, 7) is 6.27. The molecule has 0 radical (unpaired) electrons. The molecule has 1 amide bonds. The molecular weight excluding hydrogens is 278 g/mol. The van der Waals surface area contributed by atoms with Crippen LogP contribution in [0.15, 0.2) is 29.0 Å². The predicted octanol–water partition coefficient (Wildman–Crippen LogP) is 2.82. The van der Waals surface area contributed by atoms with Gasteiger partial charge in [-0.15, -0.1) is 0 Å². The van der Waals surface area contributed by atoms with Crippen LogP contribution in [-0.2, 0) is 6.54 Å². The van der Waals surface area contributed by atoms with Gasteiger partial charge in [-0.1, -0.05) is 11.6 Å². The molecule has 3 rings (SSSR count). The highest BCUT2D eigenvalue weighted by molar-refractivity contribution is 6.00. The molecule has 0 saturated carbocycles. The minimum Gasteiger partial charge on any atom is -0.446 e. The molecule has 1 aliphatic rings. The average Bonchev–Trinajstić information content (AvgIpc) is 3.16. The van der Waals surface area contributed by atoms with Crippen LogP contribution in [0.5, 0.6) is 0 Å². The number of hydrogen-bond donors (Lipinski definition) is 1. The molecule has 5 nitrogen and oxygen atoms in total. The van der Waals surface area contributed by atoms with E-state index in [0.29, 0.717) is 12.3 Å². The summed E-state index contributed by atoms with van der Waals surface area (Å²) in [4.78, 5) is 18.9. The number of aromatic nitrogens is 1. The second-order valence-corrected chi connectivity index (χ2v) is 5.76.